The van der Waals surface area contributed by atoms with Crippen molar-refractivity contribution in [3.63, 3.8) is 0 Å². The monoisotopic (exact) mass is 500 g/mol. The van der Waals surface area contributed by atoms with Crippen molar-refractivity contribution in [2.45, 2.75) is 37.6 Å². The van der Waals surface area contributed by atoms with Crippen molar-refractivity contribution in [2.75, 3.05) is 32.8 Å². The van der Waals surface area contributed by atoms with E-state index in [0.29, 0.717) is 61.4 Å². The molecule has 1 unspecified atom stereocenters. The van der Waals surface area contributed by atoms with Gasteiger partial charge in [-0.3, -0.25) is 14.7 Å². The topological polar surface area (TPSA) is 88.9 Å². The molecule has 0 radical (unpaired) electrons. The molecule has 0 amide bonds. The predicted octanol–water partition coefficient (Wildman–Crippen LogP) is 2.28. The SMILES string of the molecule is O=c1ccc2ncc(Cl)c3c2n1CC3CN1CC[C@H](NCc2cc3c(cc2F)OCCO3)[C@H](O)C1. The van der Waals surface area contributed by atoms with Gasteiger partial charge in [0.25, 0.3) is 5.56 Å². The van der Waals surface area contributed by atoms with Crippen molar-refractivity contribution in [3.8, 4) is 11.5 Å². The van der Waals surface area contributed by atoms with Gasteiger partial charge < -0.3 is 24.5 Å². The van der Waals surface area contributed by atoms with Gasteiger partial charge in [0, 0.05) is 67.6 Å². The number of nitrogens with one attached hydrogen (secondary N) is 1. The average molecular weight is 501 g/mol. The van der Waals surface area contributed by atoms with Gasteiger partial charge in [0.1, 0.15) is 19.0 Å². The number of likely N-dealkylation sites (tertiary alicyclic amines) is 1. The molecule has 35 heavy (non-hydrogen) atoms. The number of rotatable bonds is 5. The minimum atomic E-state index is -0.608. The maximum absolute atomic E-state index is 14.5. The molecule has 1 fully saturated rings. The summed E-state index contributed by atoms with van der Waals surface area (Å²) in [5, 5.41) is 14.7. The molecule has 1 saturated heterocycles. The van der Waals surface area contributed by atoms with Crippen LogP contribution in [0.25, 0.3) is 11.0 Å². The molecule has 2 N–H and O–H groups in total. The highest BCUT2D eigenvalue weighted by molar-refractivity contribution is 6.32. The minimum absolute atomic E-state index is 0.0478. The van der Waals surface area contributed by atoms with Crippen LogP contribution in [0.2, 0.25) is 5.02 Å². The molecule has 3 aliphatic heterocycles. The summed E-state index contributed by atoms with van der Waals surface area (Å²) < 4.78 is 27.2. The molecule has 2 aromatic heterocycles. The van der Waals surface area contributed by atoms with E-state index in [-0.39, 0.29) is 29.9 Å². The number of ether oxygens (including phenoxy) is 2. The van der Waals surface area contributed by atoms with Gasteiger partial charge in [-0.15, -0.1) is 0 Å². The lowest BCUT2D eigenvalue weighted by Gasteiger charge is -2.37. The number of piperidine rings is 1. The van der Waals surface area contributed by atoms with Crippen LogP contribution >= 0.6 is 11.6 Å². The molecule has 10 heteroatoms. The summed E-state index contributed by atoms with van der Waals surface area (Å²) in [6.45, 7) is 3.63. The van der Waals surface area contributed by atoms with Crippen molar-refractivity contribution in [1.82, 2.24) is 19.8 Å². The second-order valence-corrected chi connectivity index (χ2v) is 9.83. The number of β-amino-alcohol motifs (C(OH)–C–C–N with tert-alkyl or cyclic N) is 1. The van der Waals surface area contributed by atoms with E-state index in [1.165, 1.54) is 6.07 Å². The molecule has 184 valence electrons. The molecular formula is C25H26ClFN4O4. The zero-order valence-electron chi connectivity index (χ0n) is 19.0. The Morgan fingerprint density at radius 2 is 2.00 bits per heavy atom. The number of pyridine rings is 2. The van der Waals surface area contributed by atoms with Crippen LogP contribution in [0.3, 0.4) is 0 Å². The summed E-state index contributed by atoms with van der Waals surface area (Å²) in [7, 11) is 0. The third-order valence-electron chi connectivity index (χ3n) is 7.21. The number of aliphatic hydroxyl groups excluding tert-OH is 1. The minimum Gasteiger partial charge on any atom is -0.486 e. The lowest BCUT2D eigenvalue weighted by molar-refractivity contribution is 0.0368. The number of hydrogen-bond acceptors (Lipinski definition) is 7. The fraction of sp³-hybridized carbons (Fsp3) is 0.440. The zero-order valence-corrected chi connectivity index (χ0v) is 19.8. The Morgan fingerprint density at radius 3 is 2.80 bits per heavy atom. The molecule has 3 atom stereocenters. The number of hydrogen-bond donors (Lipinski definition) is 2. The highest BCUT2D eigenvalue weighted by atomic mass is 35.5. The van der Waals surface area contributed by atoms with Crippen LogP contribution in [-0.4, -0.2) is 64.6 Å². The van der Waals surface area contributed by atoms with E-state index in [0.717, 1.165) is 23.1 Å². The summed E-state index contributed by atoms with van der Waals surface area (Å²) in [4.78, 5) is 19.0. The van der Waals surface area contributed by atoms with Crippen molar-refractivity contribution in [1.29, 1.82) is 0 Å². The molecule has 1 aromatic carbocycles. The highest BCUT2D eigenvalue weighted by Crippen LogP contribution is 2.37. The second-order valence-electron chi connectivity index (χ2n) is 9.42. The fourth-order valence-corrected chi connectivity index (χ4v) is 5.78. The molecule has 0 bridgehead atoms. The standard InChI is InChI=1S/C25H26ClFN4O4/c26-16-10-29-19-1-2-23(33)31-12-15(24(16)25(19)31)11-30-4-3-18(20(32)13-30)28-9-14-7-21-22(8-17(14)27)35-6-5-34-21/h1-2,7-8,10,15,18,20,28,32H,3-6,9,11-13H2/t15?,18-,20+/m0/s1. The van der Waals surface area contributed by atoms with Crippen molar-refractivity contribution >= 4 is 22.6 Å². The summed E-state index contributed by atoms with van der Waals surface area (Å²) in [5.41, 5.74) is 2.96. The van der Waals surface area contributed by atoms with E-state index in [4.69, 9.17) is 21.1 Å². The largest absolute Gasteiger partial charge is 0.486 e. The van der Waals surface area contributed by atoms with Crippen LogP contribution in [0.4, 0.5) is 4.39 Å². The molecule has 6 rings (SSSR count). The van der Waals surface area contributed by atoms with Gasteiger partial charge >= 0.3 is 0 Å². The lowest BCUT2D eigenvalue weighted by Crippen LogP contribution is -2.53. The van der Waals surface area contributed by atoms with Crippen LogP contribution in [0.5, 0.6) is 11.5 Å². The van der Waals surface area contributed by atoms with Crippen molar-refractivity contribution in [2.24, 2.45) is 0 Å². The van der Waals surface area contributed by atoms with Gasteiger partial charge in [0.05, 0.1) is 22.2 Å². The number of nitrogens with zero attached hydrogens (tertiary/aromatic N) is 3. The zero-order chi connectivity index (χ0) is 24.1. The Hall–Kier alpha value is -2.72. The summed E-state index contributed by atoms with van der Waals surface area (Å²) in [6, 6.07) is 6.15. The van der Waals surface area contributed by atoms with Gasteiger partial charge in [0.2, 0.25) is 0 Å². The molecule has 5 heterocycles. The Morgan fingerprint density at radius 1 is 1.20 bits per heavy atom. The maximum Gasteiger partial charge on any atom is 0.251 e. The van der Waals surface area contributed by atoms with Gasteiger partial charge in [0.15, 0.2) is 11.5 Å². The first kappa shape index (κ1) is 22.7. The predicted molar refractivity (Wildman–Crippen MR) is 129 cm³/mol. The lowest BCUT2D eigenvalue weighted by atomic mass is 9.97. The molecule has 0 spiro atoms. The third kappa shape index (κ3) is 4.16. The molecule has 3 aliphatic rings. The van der Waals surface area contributed by atoms with Crippen LogP contribution in [0.15, 0.2) is 35.3 Å². The molecule has 0 saturated carbocycles. The van der Waals surface area contributed by atoms with Crippen molar-refractivity contribution < 1.29 is 19.0 Å². The summed E-state index contributed by atoms with van der Waals surface area (Å²) >= 11 is 6.51. The Labute approximate surface area is 206 Å². The maximum atomic E-state index is 14.5. The molecule has 0 aliphatic carbocycles. The Balaban J connectivity index is 1.10. The summed E-state index contributed by atoms with van der Waals surface area (Å²) in [5.74, 6) is 0.663. The first-order valence-electron chi connectivity index (χ1n) is 11.9. The number of aliphatic hydroxyl groups is 1. The van der Waals surface area contributed by atoms with Gasteiger partial charge in [-0.1, -0.05) is 11.6 Å². The second kappa shape index (κ2) is 9.05. The van der Waals surface area contributed by atoms with Crippen LogP contribution in [-0.2, 0) is 13.1 Å². The average Bonchev–Trinajstić information content (AvgIpc) is 3.23. The quantitative estimate of drug-likeness (QED) is 0.555. The van der Waals surface area contributed by atoms with E-state index in [1.807, 2.05) is 0 Å². The molecule has 8 nitrogen and oxygen atoms in total. The number of benzene rings is 1. The third-order valence-corrected chi connectivity index (χ3v) is 7.51. The van der Waals surface area contributed by atoms with E-state index in [1.54, 1.807) is 29.0 Å². The van der Waals surface area contributed by atoms with Crippen LogP contribution in [0, 0.1) is 5.82 Å². The van der Waals surface area contributed by atoms with E-state index < -0.39 is 6.10 Å². The first-order chi connectivity index (χ1) is 17.0. The highest BCUT2D eigenvalue weighted by Gasteiger charge is 2.33. The fourth-order valence-electron chi connectivity index (χ4n) is 5.49. The summed E-state index contributed by atoms with van der Waals surface area (Å²) in [6.07, 6.45) is 1.75. The molecular weight excluding hydrogens is 475 g/mol. The van der Waals surface area contributed by atoms with Crippen molar-refractivity contribution in [3.05, 3.63) is 62.8 Å². The van der Waals surface area contributed by atoms with Gasteiger partial charge in [-0.2, -0.15) is 0 Å². The number of aromatic nitrogens is 2. The Bertz CT molecular complexity index is 1350. The van der Waals surface area contributed by atoms with E-state index in [2.05, 4.69) is 15.2 Å². The van der Waals surface area contributed by atoms with Gasteiger partial charge in [-0.05, 0) is 25.1 Å². The Kier molecular flexibility index (Phi) is 5.88. The van der Waals surface area contributed by atoms with E-state index in [9.17, 15) is 14.3 Å². The smallest absolute Gasteiger partial charge is 0.251 e. The first-order valence-corrected chi connectivity index (χ1v) is 12.3. The number of fused-ring (bicyclic) bond motifs is 1. The normalized spacial score (nSPS) is 23.7. The van der Waals surface area contributed by atoms with Gasteiger partial charge in [-0.25, -0.2) is 4.39 Å². The number of halogens is 2. The molecule has 3 aromatic rings. The van der Waals surface area contributed by atoms with Crippen LogP contribution in [0.1, 0.15) is 23.5 Å². The van der Waals surface area contributed by atoms with E-state index >= 15 is 0 Å². The van der Waals surface area contributed by atoms with Crippen LogP contribution < -0.4 is 20.3 Å².